The lowest BCUT2D eigenvalue weighted by molar-refractivity contribution is 0.178. The maximum absolute atomic E-state index is 5.44. The molecule has 78 valence electrons. The number of morpholine rings is 1. The summed E-state index contributed by atoms with van der Waals surface area (Å²) in [6.07, 6.45) is 3.02. The summed E-state index contributed by atoms with van der Waals surface area (Å²) in [5.41, 5.74) is 1.33. The monoisotopic (exact) mass is 201 g/mol. The average molecular weight is 201 g/mol. The van der Waals surface area contributed by atoms with Gasteiger partial charge in [0.05, 0.1) is 18.2 Å². The predicted octanol–water partition coefficient (Wildman–Crippen LogP) is 2.00. The van der Waals surface area contributed by atoms with Crippen LogP contribution in [-0.4, -0.2) is 30.2 Å². The van der Waals surface area contributed by atoms with Crippen molar-refractivity contribution < 1.29 is 4.74 Å². The summed E-state index contributed by atoms with van der Waals surface area (Å²) in [5, 5.41) is 0. The van der Waals surface area contributed by atoms with Gasteiger partial charge in [0.15, 0.2) is 0 Å². The standard InChI is InChI=1S/C13H15NO/c1-2-11(10-6-4-3-5-7-10)14-8-12-13(9-14)15-12/h2-7,11-13H,1,8-9H2. The summed E-state index contributed by atoms with van der Waals surface area (Å²) in [7, 11) is 0. The highest BCUT2D eigenvalue weighted by atomic mass is 16.6. The van der Waals surface area contributed by atoms with E-state index in [2.05, 4.69) is 35.7 Å². The van der Waals surface area contributed by atoms with Gasteiger partial charge in [-0.25, -0.2) is 0 Å². The number of benzene rings is 1. The number of hydrogen-bond acceptors (Lipinski definition) is 2. The lowest BCUT2D eigenvalue weighted by atomic mass is 10.1. The number of ether oxygens (including phenoxy) is 1. The van der Waals surface area contributed by atoms with Gasteiger partial charge in [0.1, 0.15) is 0 Å². The zero-order valence-corrected chi connectivity index (χ0v) is 8.67. The Morgan fingerprint density at radius 1 is 1.27 bits per heavy atom. The van der Waals surface area contributed by atoms with Gasteiger partial charge in [0, 0.05) is 13.1 Å². The summed E-state index contributed by atoms with van der Waals surface area (Å²) < 4.78 is 5.44. The molecular weight excluding hydrogens is 186 g/mol. The van der Waals surface area contributed by atoms with Crippen molar-refractivity contribution in [3.05, 3.63) is 48.6 Å². The Kier molecular flexibility index (Phi) is 2.11. The number of hydrogen-bond donors (Lipinski definition) is 0. The van der Waals surface area contributed by atoms with E-state index < -0.39 is 0 Å². The maximum Gasteiger partial charge on any atom is 0.0982 e. The first-order valence-electron chi connectivity index (χ1n) is 5.45. The van der Waals surface area contributed by atoms with Crippen molar-refractivity contribution in [2.24, 2.45) is 0 Å². The molecule has 2 fully saturated rings. The third kappa shape index (κ3) is 1.60. The van der Waals surface area contributed by atoms with Crippen molar-refractivity contribution in [2.75, 3.05) is 13.1 Å². The molecule has 3 unspecified atom stereocenters. The third-order valence-corrected chi connectivity index (χ3v) is 3.27. The molecule has 0 saturated carbocycles. The summed E-state index contributed by atoms with van der Waals surface area (Å²) >= 11 is 0. The fourth-order valence-corrected chi connectivity index (χ4v) is 2.41. The molecule has 2 aliphatic heterocycles. The molecule has 2 heterocycles. The summed E-state index contributed by atoms with van der Waals surface area (Å²) in [6, 6.07) is 10.9. The molecule has 0 radical (unpaired) electrons. The molecule has 3 rings (SSSR count). The molecule has 2 saturated heterocycles. The van der Waals surface area contributed by atoms with E-state index in [1.807, 2.05) is 12.1 Å². The van der Waals surface area contributed by atoms with Crippen LogP contribution in [-0.2, 0) is 4.74 Å². The Morgan fingerprint density at radius 3 is 2.53 bits per heavy atom. The molecule has 1 aromatic carbocycles. The summed E-state index contributed by atoms with van der Waals surface area (Å²) in [5.74, 6) is 0. The number of rotatable bonds is 3. The molecule has 3 atom stereocenters. The molecule has 0 bridgehead atoms. The van der Waals surface area contributed by atoms with Gasteiger partial charge in [-0.1, -0.05) is 36.4 Å². The van der Waals surface area contributed by atoms with Crippen LogP contribution in [0.1, 0.15) is 11.6 Å². The molecule has 0 aromatic heterocycles. The topological polar surface area (TPSA) is 15.8 Å². The van der Waals surface area contributed by atoms with E-state index in [4.69, 9.17) is 4.74 Å². The number of epoxide rings is 1. The van der Waals surface area contributed by atoms with Crippen molar-refractivity contribution >= 4 is 0 Å². The van der Waals surface area contributed by atoms with E-state index in [1.54, 1.807) is 0 Å². The van der Waals surface area contributed by atoms with Crippen LogP contribution < -0.4 is 0 Å². The second kappa shape index (κ2) is 3.47. The molecule has 15 heavy (non-hydrogen) atoms. The SMILES string of the molecule is C=CC(c1ccccc1)N1CC2OC2C1. The summed E-state index contributed by atoms with van der Waals surface area (Å²) in [6.45, 7) is 6.04. The maximum atomic E-state index is 5.44. The highest BCUT2D eigenvalue weighted by Crippen LogP contribution is 2.36. The lowest BCUT2D eigenvalue weighted by Crippen LogP contribution is -2.28. The molecule has 0 aliphatic carbocycles. The largest absolute Gasteiger partial charge is 0.367 e. The number of fused-ring (bicyclic) bond motifs is 1. The zero-order valence-electron chi connectivity index (χ0n) is 8.67. The van der Waals surface area contributed by atoms with Crippen LogP contribution >= 0.6 is 0 Å². The molecule has 1 aromatic rings. The van der Waals surface area contributed by atoms with Gasteiger partial charge in [0.2, 0.25) is 0 Å². The Morgan fingerprint density at radius 2 is 1.93 bits per heavy atom. The lowest BCUT2D eigenvalue weighted by Gasteiger charge is -2.26. The van der Waals surface area contributed by atoms with Crippen molar-refractivity contribution in [3.63, 3.8) is 0 Å². The molecule has 2 heteroatoms. The van der Waals surface area contributed by atoms with Gasteiger partial charge in [-0.15, -0.1) is 6.58 Å². The minimum Gasteiger partial charge on any atom is -0.367 e. The molecule has 2 aliphatic rings. The zero-order chi connectivity index (χ0) is 10.3. The van der Waals surface area contributed by atoms with Crippen LogP contribution in [0.5, 0.6) is 0 Å². The van der Waals surface area contributed by atoms with Crippen LogP contribution in [0, 0.1) is 0 Å². The van der Waals surface area contributed by atoms with Crippen molar-refractivity contribution in [1.29, 1.82) is 0 Å². The third-order valence-electron chi connectivity index (χ3n) is 3.27. The molecule has 0 amide bonds. The molecule has 2 nitrogen and oxygen atoms in total. The fourth-order valence-electron chi connectivity index (χ4n) is 2.41. The van der Waals surface area contributed by atoms with E-state index >= 15 is 0 Å². The first-order chi connectivity index (χ1) is 7.38. The number of nitrogens with zero attached hydrogens (tertiary/aromatic N) is 1. The van der Waals surface area contributed by atoms with Gasteiger partial charge >= 0.3 is 0 Å². The van der Waals surface area contributed by atoms with Crippen LogP contribution in [0.25, 0.3) is 0 Å². The Balaban J connectivity index is 1.79. The van der Waals surface area contributed by atoms with E-state index in [0.29, 0.717) is 18.2 Å². The van der Waals surface area contributed by atoms with Crippen LogP contribution in [0.15, 0.2) is 43.0 Å². The van der Waals surface area contributed by atoms with Crippen LogP contribution in [0.3, 0.4) is 0 Å². The first kappa shape index (κ1) is 9.13. The van der Waals surface area contributed by atoms with Gasteiger partial charge < -0.3 is 4.74 Å². The highest BCUT2D eigenvalue weighted by Gasteiger charge is 2.48. The van der Waals surface area contributed by atoms with E-state index in [1.165, 1.54) is 5.56 Å². The second-order valence-electron chi connectivity index (χ2n) is 4.26. The molecular formula is C13H15NO. The normalized spacial score (nSPS) is 30.9. The minimum atomic E-state index is 0.350. The van der Waals surface area contributed by atoms with Gasteiger partial charge in [-0.2, -0.15) is 0 Å². The van der Waals surface area contributed by atoms with Crippen molar-refractivity contribution in [1.82, 2.24) is 4.90 Å². The average Bonchev–Trinajstić information content (AvgIpc) is 2.89. The quantitative estimate of drug-likeness (QED) is 0.549. The van der Waals surface area contributed by atoms with Crippen molar-refractivity contribution in [3.8, 4) is 0 Å². The molecule has 0 spiro atoms. The van der Waals surface area contributed by atoms with Gasteiger partial charge in [0.25, 0.3) is 0 Å². The van der Waals surface area contributed by atoms with E-state index in [-0.39, 0.29) is 0 Å². The molecule has 0 N–H and O–H groups in total. The first-order valence-corrected chi connectivity index (χ1v) is 5.45. The van der Waals surface area contributed by atoms with Gasteiger partial charge in [-0.05, 0) is 5.56 Å². The second-order valence-corrected chi connectivity index (χ2v) is 4.26. The number of likely N-dealkylation sites (tertiary alicyclic amines) is 1. The summed E-state index contributed by atoms with van der Waals surface area (Å²) in [4.78, 5) is 2.45. The fraction of sp³-hybridized carbons (Fsp3) is 0.385. The van der Waals surface area contributed by atoms with Crippen molar-refractivity contribution in [2.45, 2.75) is 18.2 Å². The van der Waals surface area contributed by atoms with E-state index in [0.717, 1.165) is 13.1 Å². The van der Waals surface area contributed by atoms with E-state index in [9.17, 15) is 0 Å². The van der Waals surface area contributed by atoms with Crippen LogP contribution in [0.2, 0.25) is 0 Å². The smallest absolute Gasteiger partial charge is 0.0982 e. The predicted molar refractivity (Wildman–Crippen MR) is 59.6 cm³/mol. The highest BCUT2D eigenvalue weighted by molar-refractivity contribution is 5.23. The Hall–Kier alpha value is -1.12. The van der Waals surface area contributed by atoms with Gasteiger partial charge in [-0.3, -0.25) is 4.90 Å². The Bertz CT molecular complexity index is 352. The Labute approximate surface area is 90.2 Å². The van der Waals surface area contributed by atoms with Crippen LogP contribution in [0.4, 0.5) is 0 Å². The minimum absolute atomic E-state index is 0.350.